The van der Waals surface area contributed by atoms with Crippen LogP contribution in [0, 0.1) is 6.92 Å². The number of benzene rings is 3. The van der Waals surface area contributed by atoms with E-state index >= 15 is 0 Å². The number of ether oxygens (including phenoxy) is 1. The van der Waals surface area contributed by atoms with Gasteiger partial charge >= 0.3 is 18.4 Å². The smallest absolute Gasteiger partial charge is 0.450 e. The summed E-state index contributed by atoms with van der Waals surface area (Å²) in [6, 6.07) is 21.0. The number of nitrogens with one attached hydrogen (secondary N) is 1. The summed E-state index contributed by atoms with van der Waals surface area (Å²) in [5.41, 5.74) is 4.46. The van der Waals surface area contributed by atoms with Crippen LogP contribution < -0.4 is 5.32 Å². The zero-order chi connectivity index (χ0) is 29.7. The topological polar surface area (TPSA) is 122 Å². The number of carboxylic acid groups (broad SMARTS) is 2. The number of aromatic nitrogens is 1. The third-order valence-electron chi connectivity index (χ3n) is 6.51. The van der Waals surface area contributed by atoms with Crippen molar-refractivity contribution in [3.8, 4) is 22.4 Å². The molecule has 1 aliphatic rings. The fourth-order valence-electron chi connectivity index (χ4n) is 4.23. The molecule has 3 N–H and O–H groups in total. The molecule has 0 saturated heterocycles. The summed E-state index contributed by atoms with van der Waals surface area (Å²) in [5, 5.41) is 20.7. The molecule has 11 heteroatoms. The summed E-state index contributed by atoms with van der Waals surface area (Å²) in [6.07, 6.45) is -5.53. The molecule has 214 valence electrons. The van der Waals surface area contributed by atoms with Crippen molar-refractivity contribution in [2.45, 2.75) is 44.9 Å². The van der Waals surface area contributed by atoms with Gasteiger partial charge in [0, 0.05) is 5.56 Å². The van der Waals surface area contributed by atoms with E-state index in [2.05, 4.69) is 34.7 Å². The van der Waals surface area contributed by atoms with Crippen LogP contribution in [-0.2, 0) is 10.9 Å². The number of carbonyl (C=O) groups excluding carboxylic acids is 1. The average molecular weight is 569 g/mol. The number of hydrogen-bond acceptors (Lipinski definition) is 5. The Hall–Kier alpha value is -4.80. The molecule has 0 radical (unpaired) electrons. The second-order valence-electron chi connectivity index (χ2n) is 9.51. The molecule has 1 amide bonds. The van der Waals surface area contributed by atoms with Crippen molar-refractivity contribution in [1.82, 2.24) is 5.16 Å². The van der Waals surface area contributed by atoms with Crippen LogP contribution in [0.3, 0.4) is 0 Å². The first-order valence-electron chi connectivity index (χ1n) is 12.7. The summed E-state index contributed by atoms with van der Waals surface area (Å²) in [5.74, 6) is 1.08. The molecule has 0 spiro atoms. The Labute approximate surface area is 233 Å². The van der Waals surface area contributed by atoms with Gasteiger partial charge in [-0.3, -0.25) is 5.32 Å². The van der Waals surface area contributed by atoms with E-state index in [4.69, 9.17) is 24.3 Å². The first-order chi connectivity index (χ1) is 19.4. The second kappa shape index (κ2) is 12.2. The molecular formula is C30H27F3N2O6. The number of rotatable bonds is 6. The number of anilines is 1. The van der Waals surface area contributed by atoms with E-state index in [1.165, 1.54) is 37.5 Å². The molecule has 8 nitrogen and oxygen atoms in total. The molecule has 1 saturated carbocycles. The first-order valence-corrected chi connectivity index (χ1v) is 12.7. The van der Waals surface area contributed by atoms with Crippen LogP contribution in [0.1, 0.15) is 54.2 Å². The molecule has 5 rings (SSSR count). The van der Waals surface area contributed by atoms with Gasteiger partial charge in [-0.25, -0.2) is 9.59 Å². The van der Waals surface area contributed by atoms with Gasteiger partial charge in [0.1, 0.15) is 17.5 Å². The van der Waals surface area contributed by atoms with Crippen molar-refractivity contribution in [2.24, 2.45) is 0 Å². The second-order valence-corrected chi connectivity index (χ2v) is 9.51. The van der Waals surface area contributed by atoms with E-state index in [1.807, 2.05) is 24.3 Å². The molecule has 1 fully saturated rings. The summed E-state index contributed by atoms with van der Waals surface area (Å²) in [6.45, 7) is 3.16. The number of nitrogens with zero attached hydrogens (tertiary/aromatic N) is 1. The number of aryl methyl sites for hydroxylation is 1. The Morgan fingerprint density at radius 3 is 2.10 bits per heavy atom. The number of amides is 1. The molecule has 0 unspecified atom stereocenters. The van der Waals surface area contributed by atoms with E-state index in [9.17, 15) is 18.0 Å². The Balaban J connectivity index is 0.000000909. The maximum Gasteiger partial charge on any atom is 0.503 e. The van der Waals surface area contributed by atoms with E-state index in [0.29, 0.717) is 23.1 Å². The maximum absolute atomic E-state index is 13.0. The van der Waals surface area contributed by atoms with Crippen LogP contribution >= 0.6 is 0 Å². The van der Waals surface area contributed by atoms with E-state index in [1.54, 1.807) is 6.92 Å². The van der Waals surface area contributed by atoms with Gasteiger partial charge in [-0.1, -0.05) is 65.8 Å². The summed E-state index contributed by atoms with van der Waals surface area (Å²) >= 11 is 0. The largest absolute Gasteiger partial charge is 0.503 e. The predicted octanol–water partition coefficient (Wildman–Crippen LogP) is 8.75. The highest BCUT2D eigenvalue weighted by molar-refractivity contribution is 5.91. The molecule has 0 bridgehead atoms. The Morgan fingerprint density at radius 2 is 1.54 bits per heavy atom. The zero-order valence-corrected chi connectivity index (χ0v) is 22.1. The lowest BCUT2D eigenvalue weighted by Gasteiger charge is -2.16. The van der Waals surface area contributed by atoms with Gasteiger partial charge in [-0.15, -0.1) is 0 Å². The van der Waals surface area contributed by atoms with Gasteiger partial charge in [-0.05, 0) is 67.0 Å². The van der Waals surface area contributed by atoms with Gasteiger partial charge in [-0.2, -0.15) is 13.2 Å². The van der Waals surface area contributed by atoms with Crippen molar-refractivity contribution in [2.75, 3.05) is 5.32 Å². The minimum atomic E-state index is -4.48. The molecule has 1 aliphatic carbocycles. The average Bonchev–Trinajstić information content (AvgIpc) is 3.72. The van der Waals surface area contributed by atoms with Gasteiger partial charge in [0.2, 0.25) is 0 Å². The molecule has 0 aliphatic heterocycles. The van der Waals surface area contributed by atoms with Crippen LogP contribution in [0.2, 0.25) is 0 Å². The Bertz CT molecular complexity index is 1510. The van der Waals surface area contributed by atoms with E-state index < -0.39 is 30.1 Å². The maximum atomic E-state index is 13.0. The molecule has 1 aromatic heterocycles. The number of hydrogen-bond donors (Lipinski definition) is 3. The predicted molar refractivity (Wildman–Crippen MR) is 145 cm³/mol. The van der Waals surface area contributed by atoms with E-state index in [0.717, 1.165) is 28.8 Å². The fourth-order valence-corrected chi connectivity index (χ4v) is 4.23. The molecule has 4 aromatic rings. The lowest BCUT2D eigenvalue weighted by atomic mass is 10.00. The monoisotopic (exact) mass is 568 g/mol. The van der Waals surface area contributed by atoms with E-state index in [-0.39, 0.29) is 5.56 Å². The van der Waals surface area contributed by atoms with Crippen LogP contribution in [0.4, 0.5) is 28.4 Å². The number of alkyl halides is 3. The Kier molecular flexibility index (Phi) is 8.65. The standard InChI is InChI=1S/C29H25F3N2O3.CH2O3/c1-17(24-4-3-5-25(16-24)29(30,31)32)36-28(35)33-26-18(2)37-34-27(26)23-14-12-22(13-15-23)21-10-8-20(9-11-21)19-6-7-19;2-1(3)4/h3-5,8-17,19H,6-7H2,1-2H3,(H,33,35);(H2,2,3,4)/t17-;/m1./s1. The van der Waals surface area contributed by atoms with Crippen LogP contribution in [0.25, 0.3) is 22.4 Å². The van der Waals surface area contributed by atoms with Crippen LogP contribution in [0.15, 0.2) is 77.3 Å². The highest BCUT2D eigenvalue weighted by Gasteiger charge is 2.31. The Morgan fingerprint density at radius 1 is 0.976 bits per heavy atom. The quantitative estimate of drug-likeness (QED) is 0.213. The van der Waals surface area contributed by atoms with Crippen molar-refractivity contribution in [3.05, 3.63) is 95.2 Å². The molecule has 1 heterocycles. The van der Waals surface area contributed by atoms with Crippen LogP contribution in [0.5, 0.6) is 0 Å². The van der Waals surface area contributed by atoms with Crippen molar-refractivity contribution in [1.29, 1.82) is 0 Å². The van der Waals surface area contributed by atoms with Crippen molar-refractivity contribution < 1.29 is 42.2 Å². The third kappa shape index (κ3) is 7.65. The molecule has 1 atom stereocenters. The lowest BCUT2D eigenvalue weighted by molar-refractivity contribution is -0.137. The minimum absolute atomic E-state index is 0.230. The molecular weight excluding hydrogens is 541 g/mol. The fraction of sp³-hybridized carbons (Fsp3) is 0.233. The summed E-state index contributed by atoms with van der Waals surface area (Å²) in [4.78, 5) is 21.2. The molecule has 3 aromatic carbocycles. The van der Waals surface area contributed by atoms with Gasteiger partial charge < -0.3 is 19.5 Å². The SMILES string of the molecule is Cc1onc(-c2ccc(-c3ccc(C4CC4)cc3)cc2)c1NC(=O)O[C@H](C)c1cccc(C(F)(F)F)c1.O=C(O)O. The lowest BCUT2D eigenvalue weighted by Crippen LogP contribution is -2.17. The van der Waals surface area contributed by atoms with Crippen LogP contribution in [-0.4, -0.2) is 27.6 Å². The third-order valence-corrected chi connectivity index (χ3v) is 6.51. The van der Waals surface area contributed by atoms with Gasteiger partial charge in [0.25, 0.3) is 0 Å². The van der Waals surface area contributed by atoms with Gasteiger partial charge in [0.05, 0.1) is 5.56 Å². The molecule has 41 heavy (non-hydrogen) atoms. The van der Waals surface area contributed by atoms with Crippen molar-refractivity contribution in [3.63, 3.8) is 0 Å². The number of halogens is 3. The van der Waals surface area contributed by atoms with Gasteiger partial charge in [0.15, 0.2) is 5.76 Å². The summed E-state index contributed by atoms with van der Waals surface area (Å²) < 4.78 is 49.7. The zero-order valence-electron chi connectivity index (χ0n) is 22.1. The first kappa shape index (κ1) is 29.2. The van der Waals surface area contributed by atoms with Crippen molar-refractivity contribution >= 4 is 17.9 Å². The number of carbonyl (C=O) groups is 2. The highest BCUT2D eigenvalue weighted by Crippen LogP contribution is 2.40. The minimum Gasteiger partial charge on any atom is -0.450 e. The summed E-state index contributed by atoms with van der Waals surface area (Å²) in [7, 11) is 0. The highest BCUT2D eigenvalue weighted by atomic mass is 19.4. The normalized spacial score (nSPS) is 13.5.